The van der Waals surface area contributed by atoms with E-state index >= 15 is 0 Å². The van der Waals surface area contributed by atoms with Gasteiger partial charge in [0.2, 0.25) is 5.91 Å². The summed E-state index contributed by atoms with van der Waals surface area (Å²) in [6, 6.07) is 21.1. The van der Waals surface area contributed by atoms with E-state index in [-0.39, 0.29) is 11.4 Å². The van der Waals surface area contributed by atoms with Crippen molar-refractivity contribution in [3.8, 4) is 0 Å². The molecule has 2 aliphatic heterocycles. The van der Waals surface area contributed by atoms with Gasteiger partial charge in [-0.25, -0.2) is 0 Å². The standard InChI is InChI=1S/C23H28N2O/c26-22(19-20-9-3-1-4-10-20)24-17-13-23(14-18-24,25-15-7-8-16-25)21-11-5-2-6-12-21/h1-6,9-12H,7-8,13-19H2. The van der Waals surface area contributed by atoms with Gasteiger partial charge >= 0.3 is 0 Å². The molecule has 1 amide bonds. The minimum absolute atomic E-state index is 0.112. The first kappa shape index (κ1) is 17.3. The predicted octanol–water partition coefficient (Wildman–Crippen LogP) is 3.84. The summed E-state index contributed by atoms with van der Waals surface area (Å²) in [4.78, 5) is 17.5. The summed E-state index contributed by atoms with van der Waals surface area (Å²) in [6.45, 7) is 4.09. The summed E-state index contributed by atoms with van der Waals surface area (Å²) in [5, 5.41) is 0. The highest BCUT2D eigenvalue weighted by Crippen LogP contribution is 2.40. The van der Waals surface area contributed by atoms with Crippen LogP contribution in [0.4, 0.5) is 0 Å². The fraction of sp³-hybridized carbons (Fsp3) is 0.435. The maximum Gasteiger partial charge on any atom is 0.226 e. The Kier molecular flexibility index (Phi) is 5.07. The van der Waals surface area contributed by atoms with Crippen molar-refractivity contribution in [1.29, 1.82) is 0 Å². The van der Waals surface area contributed by atoms with E-state index in [2.05, 4.69) is 40.1 Å². The lowest BCUT2D eigenvalue weighted by Crippen LogP contribution is -2.53. The number of nitrogens with zero attached hydrogens (tertiary/aromatic N) is 2. The monoisotopic (exact) mass is 348 g/mol. The molecule has 0 atom stereocenters. The molecule has 2 fully saturated rings. The van der Waals surface area contributed by atoms with E-state index in [1.165, 1.54) is 31.5 Å². The molecule has 2 heterocycles. The molecule has 0 N–H and O–H groups in total. The number of benzene rings is 2. The number of carbonyl (C=O) groups is 1. The molecule has 0 spiro atoms. The van der Waals surface area contributed by atoms with Crippen molar-refractivity contribution in [2.45, 2.75) is 37.6 Å². The fourth-order valence-corrected chi connectivity index (χ4v) is 4.69. The Morgan fingerprint density at radius 3 is 2.00 bits per heavy atom. The van der Waals surface area contributed by atoms with Crippen molar-refractivity contribution in [2.75, 3.05) is 26.2 Å². The van der Waals surface area contributed by atoms with Crippen molar-refractivity contribution in [2.24, 2.45) is 0 Å². The van der Waals surface area contributed by atoms with Crippen molar-refractivity contribution in [3.63, 3.8) is 0 Å². The Labute approximate surface area is 156 Å². The zero-order valence-corrected chi connectivity index (χ0v) is 15.4. The largest absolute Gasteiger partial charge is 0.342 e. The molecule has 0 unspecified atom stereocenters. The minimum atomic E-state index is 0.112. The number of piperidine rings is 1. The highest BCUT2D eigenvalue weighted by molar-refractivity contribution is 5.78. The number of hydrogen-bond donors (Lipinski definition) is 0. The van der Waals surface area contributed by atoms with Crippen LogP contribution in [0.15, 0.2) is 60.7 Å². The van der Waals surface area contributed by atoms with Gasteiger partial charge in [-0.2, -0.15) is 0 Å². The van der Waals surface area contributed by atoms with E-state index in [0.29, 0.717) is 6.42 Å². The third-order valence-electron chi connectivity index (χ3n) is 6.16. The van der Waals surface area contributed by atoms with Gasteiger partial charge in [-0.15, -0.1) is 0 Å². The van der Waals surface area contributed by atoms with E-state index in [9.17, 15) is 4.79 Å². The highest BCUT2D eigenvalue weighted by atomic mass is 16.2. The molecule has 2 aromatic rings. The number of hydrogen-bond acceptors (Lipinski definition) is 2. The van der Waals surface area contributed by atoms with Crippen molar-refractivity contribution >= 4 is 5.91 Å². The molecule has 0 aromatic heterocycles. The summed E-state index contributed by atoms with van der Waals surface area (Å²) in [5.74, 6) is 0.263. The molecule has 2 saturated heterocycles. The molecule has 4 rings (SSSR count). The van der Waals surface area contributed by atoms with Crippen LogP contribution in [-0.2, 0) is 16.8 Å². The molecule has 0 radical (unpaired) electrons. The van der Waals surface area contributed by atoms with E-state index < -0.39 is 0 Å². The lowest BCUT2D eigenvalue weighted by atomic mass is 9.79. The molecule has 0 aliphatic carbocycles. The average Bonchev–Trinajstić information content (AvgIpc) is 3.25. The average molecular weight is 348 g/mol. The summed E-state index contributed by atoms with van der Waals surface area (Å²) >= 11 is 0. The van der Waals surface area contributed by atoms with Crippen LogP contribution in [0.1, 0.15) is 36.8 Å². The van der Waals surface area contributed by atoms with Gasteiger partial charge in [-0.3, -0.25) is 9.69 Å². The molecule has 26 heavy (non-hydrogen) atoms. The minimum Gasteiger partial charge on any atom is -0.342 e. The topological polar surface area (TPSA) is 23.6 Å². The number of amides is 1. The third-order valence-corrected chi connectivity index (χ3v) is 6.16. The lowest BCUT2D eigenvalue weighted by Gasteiger charge is -2.48. The van der Waals surface area contributed by atoms with Gasteiger partial charge in [-0.05, 0) is 49.9 Å². The zero-order valence-electron chi connectivity index (χ0n) is 15.4. The van der Waals surface area contributed by atoms with Gasteiger partial charge in [0.05, 0.1) is 6.42 Å². The summed E-state index contributed by atoms with van der Waals surface area (Å²) < 4.78 is 0. The van der Waals surface area contributed by atoms with Gasteiger partial charge in [0, 0.05) is 18.6 Å². The van der Waals surface area contributed by atoms with Crippen molar-refractivity contribution < 1.29 is 4.79 Å². The SMILES string of the molecule is O=C(Cc1ccccc1)N1CCC(c2ccccc2)(N2CCCC2)CC1. The van der Waals surface area contributed by atoms with Crippen molar-refractivity contribution in [3.05, 3.63) is 71.8 Å². The second-order valence-electron chi connectivity index (χ2n) is 7.63. The number of carbonyl (C=O) groups excluding carboxylic acids is 1. The molecular weight excluding hydrogens is 320 g/mol. The zero-order chi connectivity index (χ0) is 17.8. The third kappa shape index (κ3) is 3.41. The van der Waals surface area contributed by atoms with Gasteiger partial charge in [0.1, 0.15) is 0 Å². The van der Waals surface area contributed by atoms with Crippen molar-refractivity contribution in [1.82, 2.24) is 9.80 Å². The Morgan fingerprint density at radius 2 is 1.38 bits per heavy atom. The summed E-state index contributed by atoms with van der Waals surface area (Å²) in [6.07, 6.45) is 5.19. The second-order valence-corrected chi connectivity index (χ2v) is 7.63. The molecule has 3 heteroatoms. The molecule has 2 aliphatic rings. The molecular formula is C23H28N2O. The normalized spacial score (nSPS) is 20.2. The first-order chi connectivity index (χ1) is 12.8. The van der Waals surface area contributed by atoms with Gasteiger partial charge in [-0.1, -0.05) is 60.7 Å². The van der Waals surface area contributed by atoms with E-state index in [4.69, 9.17) is 0 Å². The van der Waals surface area contributed by atoms with Crippen LogP contribution in [0, 0.1) is 0 Å². The van der Waals surface area contributed by atoms with Crippen LogP contribution < -0.4 is 0 Å². The quantitative estimate of drug-likeness (QED) is 0.838. The Balaban J connectivity index is 1.48. The van der Waals surface area contributed by atoms with Gasteiger partial charge in [0.15, 0.2) is 0 Å². The highest BCUT2D eigenvalue weighted by Gasteiger charge is 2.42. The van der Waals surface area contributed by atoms with Crippen LogP contribution in [0.25, 0.3) is 0 Å². The predicted molar refractivity (Wildman–Crippen MR) is 105 cm³/mol. The molecule has 136 valence electrons. The molecule has 0 saturated carbocycles. The smallest absolute Gasteiger partial charge is 0.226 e. The number of likely N-dealkylation sites (tertiary alicyclic amines) is 2. The first-order valence-electron chi connectivity index (χ1n) is 9.90. The molecule has 2 aromatic carbocycles. The summed E-state index contributed by atoms with van der Waals surface area (Å²) in [5.41, 5.74) is 2.65. The van der Waals surface area contributed by atoms with Gasteiger partial charge < -0.3 is 4.90 Å². The maximum atomic E-state index is 12.7. The van der Waals surface area contributed by atoms with Crippen LogP contribution in [0.3, 0.4) is 0 Å². The van der Waals surface area contributed by atoms with E-state index in [1.807, 2.05) is 30.3 Å². The van der Waals surface area contributed by atoms with Crippen LogP contribution >= 0.6 is 0 Å². The van der Waals surface area contributed by atoms with Crippen LogP contribution in [0.5, 0.6) is 0 Å². The first-order valence-corrected chi connectivity index (χ1v) is 9.90. The Morgan fingerprint density at radius 1 is 0.808 bits per heavy atom. The second kappa shape index (κ2) is 7.63. The van der Waals surface area contributed by atoms with Gasteiger partial charge in [0.25, 0.3) is 0 Å². The Bertz CT molecular complexity index is 714. The maximum absolute atomic E-state index is 12.7. The van der Waals surface area contributed by atoms with E-state index in [1.54, 1.807) is 0 Å². The lowest BCUT2D eigenvalue weighted by molar-refractivity contribution is -0.133. The summed E-state index contributed by atoms with van der Waals surface area (Å²) in [7, 11) is 0. The van der Waals surface area contributed by atoms with E-state index in [0.717, 1.165) is 31.5 Å². The fourth-order valence-electron chi connectivity index (χ4n) is 4.69. The number of rotatable bonds is 4. The molecule has 3 nitrogen and oxygen atoms in total. The Hall–Kier alpha value is -2.13. The van der Waals surface area contributed by atoms with Crippen LogP contribution in [-0.4, -0.2) is 41.9 Å². The molecule has 0 bridgehead atoms. The van der Waals surface area contributed by atoms with Crippen LogP contribution in [0.2, 0.25) is 0 Å².